The summed E-state index contributed by atoms with van der Waals surface area (Å²) in [5.41, 5.74) is 1.03. The van der Waals surface area contributed by atoms with Gasteiger partial charge in [0, 0.05) is 31.4 Å². The van der Waals surface area contributed by atoms with Crippen LogP contribution in [0.1, 0.15) is 11.5 Å². The number of imidazole rings is 1. The first-order valence-electron chi connectivity index (χ1n) is 5.27. The highest BCUT2D eigenvalue weighted by atomic mass is 32.1. The summed E-state index contributed by atoms with van der Waals surface area (Å²) in [5.74, 6) is 0.800. The van der Waals surface area contributed by atoms with E-state index in [4.69, 9.17) is 0 Å². The molecule has 3 rings (SSSR count). The fraction of sp³-hybridized carbons (Fsp3) is 0.300. The second kappa shape index (κ2) is 4.27. The van der Waals surface area contributed by atoms with Gasteiger partial charge in [-0.3, -0.25) is 9.08 Å². The summed E-state index contributed by atoms with van der Waals surface area (Å²) in [4.78, 5) is 9.65. The number of rotatable bonds is 4. The standard InChI is InChI=1S/C10H12N6S/c1-15-7-12-9(14-15)5-11-4-8-6-16-2-3-17-10(16)13-8/h2-3,6-7,11H,4-5H2,1H3. The van der Waals surface area contributed by atoms with Crippen molar-refractivity contribution in [2.45, 2.75) is 13.1 Å². The molecule has 0 amide bonds. The summed E-state index contributed by atoms with van der Waals surface area (Å²) in [6.45, 7) is 1.39. The molecule has 7 heteroatoms. The second-order valence-electron chi connectivity index (χ2n) is 3.76. The lowest BCUT2D eigenvalue weighted by Gasteiger charge is -1.97. The molecule has 0 atom stereocenters. The van der Waals surface area contributed by atoms with Crippen molar-refractivity contribution < 1.29 is 0 Å². The van der Waals surface area contributed by atoms with Crippen LogP contribution >= 0.6 is 11.3 Å². The Kier molecular flexibility index (Phi) is 2.62. The molecule has 0 aliphatic heterocycles. The van der Waals surface area contributed by atoms with Gasteiger partial charge in [-0.05, 0) is 0 Å². The molecule has 0 unspecified atom stereocenters. The average Bonchev–Trinajstić information content (AvgIpc) is 2.94. The molecule has 0 aromatic carbocycles. The summed E-state index contributed by atoms with van der Waals surface area (Å²) in [7, 11) is 1.86. The van der Waals surface area contributed by atoms with Crippen molar-refractivity contribution in [2.24, 2.45) is 7.05 Å². The number of fused-ring (bicyclic) bond motifs is 1. The zero-order valence-corrected chi connectivity index (χ0v) is 10.2. The zero-order valence-electron chi connectivity index (χ0n) is 9.37. The van der Waals surface area contributed by atoms with E-state index in [2.05, 4.69) is 20.4 Å². The highest BCUT2D eigenvalue weighted by molar-refractivity contribution is 7.15. The summed E-state index contributed by atoms with van der Waals surface area (Å²) in [6.07, 6.45) is 5.74. The van der Waals surface area contributed by atoms with Crippen LogP contribution in [-0.4, -0.2) is 24.1 Å². The molecule has 0 spiro atoms. The third kappa shape index (κ3) is 2.20. The second-order valence-corrected chi connectivity index (χ2v) is 4.64. The van der Waals surface area contributed by atoms with E-state index in [1.807, 2.05) is 29.2 Å². The van der Waals surface area contributed by atoms with E-state index in [-0.39, 0.29) is 0 Å². The van der Waals surface area contributed by atoms with Crippen molar-refractivity contribution >= 4 is 16.3 Å². The van der Waals surface area contributed by atoms with Crippen LogP contribution < -0.4 is 5.32 Å². The largest absolute Gasteiger partial charge is 0.304 e. The Hall–Kier alpha value is -1.73. The summed E-state index contributed by atoms with van der Waals surface area (Å²) >= 11 is 1.64. The molecule has 0 saturated carbocycles. The Bertz CT molecular complexity index is 593. The molecule has 3 heterocycles. The number of hydrogen-bond donors (Lipinski definition) is 1. The van der Waals surface area contributed by atoms with E-state index in [1.54, 1.807) is 22.3 Å². The number of thiazole rings is 1. The molecule has 0 aliphatic carbocycles. The minimum atomic E-state index is 0.659. The number of hydrogen-bond acceptors (Lipinski definition) is 5. The van der Waals surface area contributed by atoms with Gasteiger partial charge in [-0.1, -0.05) is 0 Å². The Morgan fingerprint density at radius 3 is 3.12 bits per heavy atom. The van der Waals surface area contributed by atoms with Crippen molar-refractivity contribution in [1.29, 1.82) is 0 Å². The molecule has 0 saturated heterocycles. The topological polar surface area (TPSA) is 60.0 Å². The molecule has 0 fully saturated rings. The smallest absolute Gasteiger partial charge is 0.193 e. The summed E-state index contributed by atoms with van der Waals surface area (Å²) in [5, 5.41) is 9.49. The van der Waals surface area contributed by atoms with Gasteiger partial charge in [0.1, 0.15) is 6.33 Å². The van der Waals surface area contributed by atoms with E-state index in [1.165, 1.54) is 0 Å². The average molecular weight is 248 g/mol. The monoisotopic (exact) mass is 248 g/mol. The molecule has 17 heavy (non-hydrogen) atoms. The van der Waals surface area contributed by atoms with Crippen LogP contribution in [0.15, 0.2) is 24.1 Å². The maximum Gasteiger partial charge on any atom is 0.193 e. The maximum atomic E-state index is 4.48. The van der Waals surface area contributed by atoms with Gasteiger partial charge in [0.05, 0.1) is 12.2 Å². The lowest BCUT2D eigenvalue weighted by molar-refractivity contribution is 0.642. The molecule has 3 aromatic rings. The van der Waals surface area contributed by atoms with Crippen molar-refractivity contribution in [1.82, 2.24) is 29.5 Å². The molecule has 3 aromatic heterocycles. The van der Waals surface area contributed by atoms with Crippen LogP contribution in [0.4, 0.5) is 0 Å². The lowest BCUT2D eigenvalue weighted by atomic mass is 10.4. The van der Waals surface area contributed by atoms with E-state index >= 15 is 0 Å². The first-order valence-corrected chi connectivity index (χ1v) is 6.15. The highest BCUT2D eigenvalue weighted by Crippen LogP contribution is 2.10. The number of nitrogens with one attached hydrogen (secondary N) is 1. The first-order chi connectivity index (χ1) is 8.31. The third-order valence-electron chi connectivity index (χ3n) is 2.38. The molecule has 88 valence electrons. The summed E-state index contributed by atoms with van der Waals surface area (Å²) in [6, 6.07) is 0. The molecule has 0 aliphatic rings. The van der Waals surface area contributed by atoms with Crippen LogP contribution in [0, 0.1) is 0 Å². The predicted molar refractivity (Wildman–Crippen MR) is 64.6 cm³/mol. The van der Waals surface area contributed by atoms with Crippen LogP contribution in [-0.2, 0) is 20.1 Å². The fourth-order valence-electron chi connectivity index (χ4n) is 1.63. The van der Waals surface area contributed by atoms with Gasteiger partial charge in [-0.25, -0.2) is 9.97 Å². The molecule has 6 nitrogen and oxygen atoms in total. The quantitative estimate of drug-likeness (QED) is 0.742. The van der Waals surface area contributed by atoms with E-state index < -0.39 is 0 Å². The van der Waals surface area contributed by atoms with Gasteiger partial charge < -0.3 is 5.32 Å². The van der Waals surface area contributed by atoms with Gasteiger partial charge in [0.2, 0.25) is 0 Å². The molecule has 1 N–H and O–H groups in total. The van der Waals surface area contributed by atoms with Crippen molar-refractivity contribution in [3.8, 4) is 0 Å². The van der Waals surface area contributed by atoms with Gasteiger partial charge in [0.25, 0.3) is 0 Å². The normalized spacial score (nSPS) is 11.4. The van der Waals surface area contributed by atoms with Gasteiger partial charge in [-0.15, -0.1) is 11.3 Å². The van der Waals surface area contributed by atoms with Gasteiger partial charge in [-0.2, -0.15) is 5.10 Å². The van der Waals surface area contributed by atoms with Crippen LogP contribution in [0.3, 0.4) is 0 Å². The fourth-order valence-corrected chi connectivity index (χ4v) is 2.35. The zero-order chi connectivity index (χ0) is 11.7. The van der Waals surface area contributed by atoms with Crippen LogP contribution in [0.25, 0.3) is 4.96 Å². The highest BCUT2D eigenvalue weighted by Gasteiger charge is 2.03. The minimum absolute atomic E-state index is 0.659. The third-order valence-corrected chi connectivity index (χ3v) is 3.15. The summed E-state index contributed by atoms with van der Waals surface area (Å²) < 4.78 is 3.73. The molecular weight excluding hydrogens is 236 g/mol. The lowest BCUT2D eigenvalue weighted by Crippen LogP contribution is -2.14. The number of aryl methyl sites for hydroxylation is 1. The number of aromatic nitrogens is 5. The van der Waals surface area contributed by atoms with Crippen LogP contribution in [0.2, 0.25) is 0 Å². The van der Waals surface area contributed by atoms with E-state index in [9.17, 15) is 0 Å². The minimum Gasteiger partial charge on any atom is -0.304 e. The Balaban J connectivity index is 1.59. The SMILES string of the molecule is Cn1cnc(CNCc2cn3ccsc3n2)n1. The predicted octanol–water partition coefficient (Wildman–Crippen LogP) is 0.814. The number of nitrogens with zero attached hydrogens (tertiary/aromatic N) is 5. The maximum absolute atomic E-state index is 4.48. The Labute approximate surface area is 102 Å². The van der Waals surface area contributed by atoms with Crippen molar-refractivity contribution in [3.05, 3.63) is 35.6 Å². The van der Waals surface area contributed by atoms with Crippen LogP contribution in [0.5, 0.6) is 0 Å². The first kappa shape index (κ1) is 10.4. The molecule has 0 bridgehead atoms. The Morgan fingerprint density at radius 2 is 2.35 bits per heavy atom. The molecular formula is C10H12N6S. The van der Waals surface area contributed by atoms with E-state index in [0.29, 0.717) is 6.54 Å². The van der Waals surface area contributed by atoms with Gasteiger partial charge >= 0.3 is 0 Å². The Morgan fingerprint density at radius 1 is 1.41 bits per heavy atom. The van der Waals surface area contributed by atoms with E-state index in [0.717, 1.165) is 23.0 Å². The van der Waals surface area contributed by atoms with Gasteiger partial charge in [0.15, 0.2) is 10.8 Å². The molecule has 0 radical (unpaired) electrons. The van der Waals surface area contributed by atoms with Crippen molar-refractivity contribution in [3.63, 3.8) is 0 Å². The van der Waals surface area contributed by atoms with Crippen molar-refractivity contribution in [2.75, 3.05) is 0 Å².